The van der Waals surface area contributed by atoms with Gasteiger partial charge in [-0.2, -0.15) is 18.3 Å². The third-order valence-electron chi connectivity index (χ3n) is 7.03. The molecule has 0 radical (unpaired) electrons. The minimum atomic E-state index is -4.62. The molecule has 0 saturated carbocycles. The van der Waals surface area contributed by atoms with E-state index in [1.807, 2.05) is 42.5 Å². The molecule has 7 nitrogen and oxygen atoms in total. The van der Waals surface area contributed by atoms with Gasteiger partial charge in [0.15, 0.2) is 5.65 Å². The highest BCUT2D eigenvalue weighted by Gasteiger charge is 2.33. The zero-order chi connectivity index (χ0) is 28.0. The fraction of sp³-hybridized carbons (Fsp3) is 0.133. The molecule has 0 saturated heterocycles. The number of halogens is 3. The summed E-state index contributed by atoms with van der Waals surface area (Å²) in [6, 6.07) is 22.3. The van der Waals surface area contributed by atoms with Gasteiger partial charge < -0.3 is 0 Å². The van der Waals surface area contributed by atoms with Gasteiger partial charge in [-0.05, 0) is 40.1 Å². The number of nitrogens with zero attached hydrogens (tertiary/aromatic N) is 5. The Balaban J connectivity index is 1.64. The molecule has 0 aliphatic rings. The summed E-state index contributed by atoms with van der Waals surface area (Å²) in [5.41, 5.74) is -0.285. The molecule has 0 aliphatic heterocycles. The molecular formula is C30H22F3N5O2. The van der Waals surface area contributed by atoms with Gasteiger partial charge in [-0.15, -0.1) is 0 Å². The Morgan fingerprint density at radius 1 is 0.800 bits per heavy atom. The van der Waals surface area contributed by atoms with Crippen molar-refractivity contribution in [2.75, 3.05) is 0 Å². The van der Waals surface area contributed by atoms with Crippen molar-refractivity contribution in [3.05, 3.63) is 129 Å². The van der Waals surface area contributed by atoms with Crippen LogP contribution in [0.1, 0.15) is 16.7 Å². The van der Waals surface area contributed by atoms with Crippen LogP contribution < -0.4 is 11.2 Å². The largest absolute Gasteiger partial charge is 0.416 e. The molecule has 0 aliphatic carbocycles. The van der Waals surface area contributed by atoms with Gasteiger partial charge in [0.1, 0.15) is 5.39 Å². The van der Waals surface area contributed by atoms with Gasteiger partial charge in [0, 0.05) is 25.0 Å². The van der Waals surface area contributed by atoms with Crippen LogP contribution in [0.25, 0.3) is 33.1 Å². The number of pyridine rings is 1. The van der Waals surface area contributed by atoms with Crippen LogP contribution in [-0.4, -0.2) is 23.9 Å². The molecule has 40 heavy (non-hydrogen) atoms. The smallest absolute Gasteiger partial charge is 0.271 e. The van der Waals surface area contributed by atoms with Crippen molar-refractivity contribution in [3.8, 4) is 11.3 Å². The van der Waals surface area contributed by atoms with Gasteiger partial charge in [-0.25, -0.2) is 4.79 Å². The normalized spacial score (nSPS) is 11.9. The van der Waals surface area contributed by atoms with Gasteiger partial charge in [0.05, 0.1) is 24.3 Å². The van der Waals surface area contributed by atoms with Gasteiger partial charge in [0.25, 0.3) is 5.56 Å². The summed E-state index contributed by atoms with van der Waals surface area (Å²) in [7, 11) is 1.31. The SMILES string of the molecule is Cn1c(=O)c2c(-c3ccncc3)n(Cc3cccc4ccccc34)nc2n(Cc2ccccc2C(F)(F)F)c1=O. The molecule has 0 spiro atoms. The predicted octanol–water partition coefficient (Wildman–Crippen LogP) is 5.23. The molecule has 0 amide bonds. The van der Waals surface area contributed by atoms with E-state index in [0.29, 0.717) is 11.3 Å². The van der Waals surface area contributed by atoms with Crippen LogP contribution in [0.4, 0.5) is 13.2 Å². The zero-order valence-corrected chi connectivity index (χ0v) is 21.3. The monoisotopic (exact) mass is 541 g/mol. The zero-order valence-electron chi connectivity index (χ0n) is 21.3. The molecular weight excluding hydrogens is 519 g/mol. The van der Waals surface area contributed by atoms with Crippen molar-refractivity contribution in [1.82, 2.24) is 23.9 Å². The van der Waals surface area contributed by atoms with Crippen LogP contribution in [0.3, 0.4) is 0 Å². The molecule has 3 aromatic heterocycles. The van der Waals surface area contributed by atoms with Crippen LogP contribution in [-0.2, 0) is 26.3 Å². The second-order valence-electron chi connectivity index (χ2n) is 9.47. The number of hydrogen-bond acceptors (Lipinski definition) is 4. The standard InChI is InChI=1S/C30H22F3N5O2/c1-36-28(39)25-26(20-13-15-34-16-14-20)38(18-21-10-6-9-19-7-2-4-11-23(19)21)35-27(25)37(29(36)40)17-22-8-3-5-12-24(22)30(31,32)33/h2-16H,17-18H2,1H3. The molecule has 3 heterocycles. The van der Waals surface area contributed by atoms with Crippen molar-refractivity contribution in [3.63, 3.8) is 0 Å². The van der Waals surface area contributed by atoms with Crippen molar-refractivity contribution < 1.29 is 13.2 Å². The van der Waals surface area contributed by atoms with E-state index in [2.05, 4.69) is 4.98 Å². The van der Waals surface area contributed by atoms with Gasteiger partial charge in [-0.1, -0.05) is 60.7 Å². The highest BCUT2D eigenvalue weighted by molar-refractivity contribution is 5.91. The van der Waals surface area contributed by atoms with E-state index in [9.17, 15) is 22.8 Å². The summed E-state index contributed by atoms with van der Waals surface area (Å²) in [5.74, 6) is 0. The summed E-state index contributed by atoms with van der Waals surface area (Å²) in [5, 5.41) is 6.87. The minimum absolute atomic E-state index is 0.0112. The summed E-state index contributed by atoms with van der Waals surface area (Å²) in [6.07, 6.45) is -1.46. The third kappa shape index (κ3) is 4.27. The van der Waals surface area contributed by atoms with Gasteiger partial charge in [0.2, 0.25) is 0 Å². The van der Waals surface area contributed by atoms with Crippen molar-refractivity contribution in [2.45, 2.75) is 19.3 Å². The van der Waals surface area contributed by atoms with Crippen LogP contribution >= 0.6 is 0 Å². The average molecular weight is 542 g/mol. The van der Waals surface area contributed by atoms with Gasteiger partial charge in [-0.3, -0.25) is 23.6 Å². The summed E-state index contributed by atoms with van der Waals surface area (Å²) >= 11 is 0. The van der Waals surface area contributed by atoms with Crippen molar-refractivity contribution in [1.29, 1.82) is 0 Å². The number of hydrogen-bond donors (Lipinski definition) is 0. The molecule has 0 bridgehead atoms. The van der Waals surface area contributed by atoms with E-state index in [0.717, 1.165) is 31.5 Å². The summed E-state index contributed by atoms with van der Waals surface area (Å²) in [6.45, 7) is -0.162. The first-order chi connectivity index (χ1) is 19.2. The Hall–Kier alpha value is -4.99. The van der Waals surface area contributed by atoms with Crippen LogP contribution in [0.5, 0.6) is 0 Å². The second kappa shape index (κ2) is 9.64. The first kappa shape index (κ1) is 25.3. The van der Waals surface area contributed by atoms with Crippen LogP contribution in [0.2, 0.25) is 0 Å². The summed E-state index contributed by atoms with van der Waals surface area (Å²) in [4.78, 5) is 31.0. The first-order valence-corrected chi connectivity index (χ1v) is 12.5. The van der Waals surface area contributed by atoms with E-state index in [1.54, 1.807) is 29.2 Å². The highest BCUT2D eigenvalue weighted by atomic mass is 19.4. The lowest BCUT2D eigenvalue weighted by Crippen LogP contribution is -2.38. The molecule has 6 rings (SSSR count). The van der Waals surface area contributed by atoms with Crippen LogP contribution in [0, 0.1) is 0 Å². The Kier molecular flexibility index (Phi) is 6.10. The Morgan fingerprint density at radius 2 is 1.48 bits per heavy atom. The lowest BCUT2D eigenvalue weighted by molar-refractivity contribution is -0.138. The first-order valence-electron chi connectivity index (χ1n) is 12.5. The Labute approximate surface area is 225 Å². The average Bonchev–Trinajstić information content (AvgIpc) is 3.33. The molecule has 0 atom stereocenters. The number of rotatable bonds is 5. The van der Waals surface area contributed by atoms with E-state index < -0.39 is 29.5 Å². The summed E-state index contributed by atoms with van der Waals surface area (Å²) < 4.78 is 45.1. The molecule has 0 N–H and O–H groups in total. The topological polar surface area (TPSA) is 74.7 Å². The van der Waals surface area contributed by atoms with Crippen molar-refractivity contribution in [2.24, 2.45) is 7.05 Å². The minimum Gasteiger partial charge on any atom is -0.271 e. The lowest BCUT2D eigenvalue weighted by atomic mass is 10.0. The molecule has 3 aromatic carbocycles. The van der Waals surface area contributed by atoms with E-state index in [4.69, 9.17) is 5.10 Å². The second-order valence-corrected chi connectivity index (χ2v) is 9.47. The quantitative estimate of drug-likeness (QED) is 0.300. The van der Waals surface area contributed by atoms with E-state index in [-0.39, 0.29) is 23.1 Å². The molecule has 0 unspecified atom stereocenters. The maximum absolute atomic E-state index is 13.8. The maximum Gasteiger partial charge on any atom is 0.416 e. The van der Waals surface area contributed by atoms with E-state index in [1.165, 1.54) is 25.2 Å². The number of aromatic nitrogens is 5. The third-order valence-corrected chi connectivity index (χ3v) is 7.03. The molecule has 200 valence electrons. The van der Waals surface area contributed by atoms with Crippen LogP contribution in [0.15, 0.2) is 101 Å². The van der Waals surface area contributed by atoms with Crippen molar-refractivity contribution >= 4 is 21.8 Å². The number of benzene rings is 3. The number of fused-ring (bicyclic) bond motifs is 2. The molecule has 6 aromatic rings. The van der Waals surface area contributed by atoms with Gasteiger partial charge >= 0.3 is 11.9 Å². The predicted molar refractivity (Wildman–Crippen MR) is 146 cm³/mol. The fourth-order valence-electron chi connectivity index (χ4n) is 5.12. The fourth-order valence-corrected chi connectivity index (χ4v) is 5.12. The number of alkyl halides is 3. The maximum atomic E-state index is 13.8. The molecule has 0 fully saturated rings. The Morgan fingerprint density at radius 3 is 2.25 bits per heavy atom. The highest BCUT2D eigenvalue weighted by Crippen LogP contribution is 2.33. The Bertz CT molecular complexity index is 2000. The molecule has 10 heteroatoms. The van der Waals surface area contributed by atoms with E-state index >= 15 is 0 Å². The lowest BCUT2D eigenvalue weighted by Gasteiger charge is -2.14.